The molecule has 2 saturated heterocycles. The van der Waals surface area contributed by atoms with E-state index < -0.39 is 0 Å². The summed E-state index contributed by atoms with van der Waals surface area (Å²) in [6, 6.07) is 15.4. The number of para-hydroxylation sites is 1. The molecule has 3 aromatic rings. The minimum absolute atomic E-state index is 0.536. The molecule has 5 nitrogen and oxygen atoms in total. The quantitative estimate of drug-likeness (QED) is 0.461. The third kappa shape index (κ3) is 4.21. The summed E-state index contributed by atoms with van der Waals surface area (Å²) in [5, 5.41) is 1.22. The normalized spacial score (nSPS) is 20.2. The molecule has 1 aliphatic carbocycles. The molecule has 3 aliphatic rings. The molecule has 6 rings (SSSR count). The lowest BCUT2D eigenvalue weighted by Gasteiger charge is -2.35. The fraction of sp³-hybridized carbons (Fsp3) is 0.517. The van der Waals surface area contributed by atoms with Crippen molar-refractivity contribution in [1.29, 1.82) is 0 Å². The fourth-order valence-corrected chi connectivity index (χ4v) is 5.75. The first-order valence-electron chi connectivity index (χ1n) is 13.1. The molecule has 0 bridgehead atoms. The zero-order valence-corrected chi connectivity index (χ0v) is 20.5. The van der Waals surface area contributed by atoms with E-state index in [-0.39, 0.29) is 0 Å². The van der Waals surface area contributed by atoms with E-state index in [9.17, 15) is 0 Å². The maximum atomic E-state index is 5.66. The lowest BCUT2D eigenvalue weighted by Crippen LogP contribution is -2.34. The van der Waals surface area contributed by atoms with Gasteiger partial charge in [0.15, 0.2) is 0 Å². The van der Waals surface area contributed by atoms with E-state index in [1.165, 1.54) is 42.3 Å². The molecule has 0 radical (unpaired) electrons. The van der Waals surface area contributed by atoms with Gasteiger partial charge in [0, 0.05) is 43.2 Å². The number of hydrogen-bond acceptors (Lipinski definition) is 5. The summed E-state index contributed by atoms with van der Waals surface area (Å²) in [6.45, 7) is 6.70. The number of ether oxygens (including phenoxy) is 1. The number of hydrogen-bond donors (Lipinski definition) is 0. The van der Waals surface area contributed by atoms with Crippen molar-refractivity contribution in [3.8, 4) is 5.75 Å². The van der Waals surface area contributed by atoms with Gasteiger partial charge >= 0.3 is 0 Å². The summed E-state index contributed by atoms with van der Waals surface area (Å²) in [6.07, 6.45) is 7.25. The minimum Gasteiger partial charge on any atom is -0.496 e. The number of piperidine rings is 2. The topological polar surface area (TPSA) is 41.5 Å². The number of nitrogens with zero attached hydrogens (tertiary/aromatic N) is 4. The average molecular weight is 457 g/mol. The molecular formula is C29H36N4O. The number of benzene rings is 2. The number of anilines is 2. The van der Waals surface area contributed by atoms with Crippen LogP contribution in [0.1, 0.15) is 68.7 Å². The first-order chi connectivity index (χ1) is 16.7. The third-order valence-electron chi connectivity index (χ3n) is 8.14. The van der Waals surface area contributed by atoms with Gasteiger partial charge in [-0.15, -0.1) is 0 Å². The first kappa shape index (κ1) is 21.7. The lowest BCUT2D eigenvalue weighted by molar-refractivity contribution is 0.397. The van der Waals surface area contributed by atoms with E-state index in [2.05, 4.69) is 59.2 Å². The van der Waals surface area contributed by atoms with E-state index in [0.717, 1.165) is 67.8 Å². The standard InChI is InChI=1S/C29H36N4O/c1-20-11-15-32(16-12-20)23-9-10-26-25(19-23)29(31-28(30-26)22-7-8-22)33-17-13-21(14-18-33)24-5-3-4-6-27(24)34-2/h3-6,9-10,19-22H,7-8,11-18H2,1-2H3. The Morgan fingerprint density at radius 1 is 0.794 bits per heavy atom. The summed E-state index contributed by atoms with van der Waals surface area (Å²) in [5.41, 5.74) is 3.78. The van der Waals surface area contributed by atoms with Crippen molar-refractivity contribution in [2.24, 2.45) is 5.92 Å². The van der Waals surface area contributed by atoms with Crippen LogP contribution in [0.2, 0.25) is 0 Å². The maximum Gasteiger partial charge on any atom is 0.140 e. The lowest BCUT2D eigenvalue weighted by atomic mass is 9.88. The Labute approximate surface area is 203 Å². The van der Waals surface area contributed by atoms with Crippen LogP contribution in [0.5, 0.6) is 5.75 Å². The van der Waals surface area contributed by atoms with Gasteiger partial charge in [-0.1, -0.05) is 25.1 Å². The molecule has 0 amide bonds. The van der Waals surface area contributed by atoms with Gasteiger partial charge in [0.1, 0.15) is 17.4 Å². The molecule has 3 heterocycles. The highest BCUT2D eigenvalue weighted by atomic mass is 16.5. The summed E-state index contributed by atoms with van der Waals surface area (Å²) < 4.78 is 5.66. The zero-order valence-electron chi connectivity index (χ0n) is 20.5. The van der Waals surface area contributed by atoms with Crippen LogP contribution in [0.25, 0.3) is 10.9 Å². The smallest absolute Gasteiger partial charge is 0.140 e. The van der Waals surface area contributed by atoms with Crippen molar-refractivity contribution in [1.82, 2.24) is 9.97 Å². The fourth-order valence-electron chi connectivity index (χ4n) is 5.75. The predicted molar refractivity (Wildman–Crippen MR) is 139 cm³/mol. The highest BCUT2D eigenvalue weighted by Crippen LogP contribution is 2.42. The molecule has 0 N–H and O–H groups in total. The molecule has 1 aromatic heterocycles. The molecule has 34 heavy (non-hydrogen) atoms. The Balaban J connectivity index is 1.30. The Hall–Kier alpha value is -2.82. The predicted octanol–water partition coefficient (Wildman–Crippen LogP) is 6.14. The van der Waals surface area contributed by atoms with E-state index in [0.29, 0.717) is 11.8 Å². The first-order valence-corrected chi connectivity index (χ1v) is 13.1. The highest BCUT2D eigenvalue weighted by molar-refractivity contribution is 5.92. The molecule has 0 spiro atoms. The van der Waals surface area contributed by atoms with Crippen molar-refractivity contribution in [2.45, 2.75) is 57.3 Å². The highest BCUT2D eigenvalue weighted by Gasteiger charge is 2.30. The summed E-state index contributed by atoms with van der Waals surface area (Å²) in [7, 11) is 1.78. The maximum absolute atomic E-state index is 5.66. The van der Waals surface area contributed by atoms with Crippen LogP contribution >= 0.6 is 0 Å². The molecule has 178 valence electrons. The number of fused-ring (bicyclic) bond motifs is 1. The van der Waals surface area contributed by atoms with Crippen LogP contribution in [-0.4, -0.2) is 43.3 Å². The summed E-state index contributed by atoms with van der Waals surface area (Å²) >= 11 is 0. The van der Waals surface area contributed by atoms with Crippen molar-refractivity contribution >= 4 is 22.4 Å². The molecule has 2 aromatic carbocycles. The van der Waals surface area contributed by atoms with Crippen LogP contribution in [0.3, 0.4) is 0 Å². The SMILES string of the molecule is COc1ccccc1C1CCN(c2nc(C3CC3)nc3ccc(N4CCC(C)CC4)cc23)CC1. The van der Waals surface area contributed by atoms with Crippen LogP contribution < -0.4 is 14.5 Å². The molecular weight excluding hydrogens is 420 g/mol. The summed E-state index contributed by atoms with van der Waals surface area (Å²) in [4.78, 5) is 15.3. The van der Waals surface area contributed by atoms with Crippen molar-refractivity contribution in [2.75, 3.05) is 43.1 Å². The van der Waals surface area contributed by atoms with E-state index in [1.807, 2.05) is 0 Å². The molecule has 0 unspecified atom stereocenters. The molecule has 3 fully saturated rings. The van der Waals surface area contributed by atoms with Gasteiger partial charge in [0.25, 0.3) is 0 Å². The number of methoxy groups -OCH3 is 1. The monoisotopic (exact) mass is 456 g/mol. The second-order valence-corrected chi connectivity index (χ2v) is 10.6. The van der Waals surface area contributed by atoms with Crippen LogP contribution in [-0.2, 0) is 0 Å². The van der Waals surface area contributed by atoms with Gasteiger partial charge in [-0.05, 0) is 80.2 Å². The second kappa shape index (κ2) is 9.09. The minimum atomic E-state index is 0.536. The zero-order chi connectivity index (χ0) is 23.1. The Bertz CT molecular complexity index is 1160. The van der Waals surface area contributed by atoms with E-state index in [1.54, 1.807) is 7.11 Å². The summed E-state index contributed by atoms with van der Waals surface area (Å²) in [5.74, 6) is 5.14. The van der Waals surface area contributed by atoms with E-state index >= 15 is 0 Å². The number of aromatic nitrogens is 2. The molecule has 2 aliphatic heterocycles. The van der Waals surface area contributed by atoms with Gasteiger partial charge in [0.05, 0.1) is 12.6 Å². The van der Waals surface area contributed by atoms with Gasteiger partial charge < -0.3 is 14.5 Å². The van der Waals surface area contributed by atoms with Crippen LogP contribution in [0, 0.1) is 5.92 Å². The van der Waals surface area contributed by atoms with Gasteiger partial charge in [0.2, 0.25) is 0 Å². The van der Waals surface area contributed by atoms with Crippen molar-refractivity contribution in [3.63, 3.8) is 0 Å². The third-order valence-corrected chi connectivity index (χ3v) is 8.14. The number of rotatable bonds is 5. The van der Waals surface area contributed by atoms with Crippen LogP contribution in [0.15, 0.2) is 42.5 Å². The van der Waals surface area contributed by atoms with Gasteiger partial charge in [-0.2, -0.15) is 0 Å². The Morgan fingerprint density at radius 2 is 1.53 bits per heavy atom. The van der Waals surface area contributed by atoms with Gasteiger partial charge in [-0.3, -0.25) is 0 Å². The Morgan fingerprint density at radius 3 is 2.26 bits per heavy atom. The Kier molecular flexibility index (Phi) is 5.80. The van der Waals surface area contributed by atoms with E-state index in [4.69, 9.17) is 14.7 Å². The largest absolute Gasteiger partial charge is 0.496 e. The molecule has 1 saturated carbocycles. The van der Waals surface area contributed by atoms with Crippen LogP contribution in [0.4, 0.5) is 11.5 Å². The second-order valence-electron chi connectivity index (χ2n) is 10.6. The molecule has 5 heteroatoms. The molecule has 0 atom stereocenters. The van der Waals surface area contributed by atoms with Crippen molar-refractivity contribution in [3.05, 3.63) is 53.9 Å². The van der Waals surface area contributed by atoms with Crippen molar-refractivity contribution < 1.29 is 4.74 Å². The van der Waals surface area contributed by atoms with Gasteiger partial charge in [-0.25, -0.2) is 9.97 Å². The average Bonchev–Trinajstić information content (AvgIpc) is 3.74.